The van der Waals surface area contributed by atoms with Crippen LogP contribution in [0, 0.1) is 0 Å². The Labute approximate surface area is 114 Å². The van der Waals surface area contributed by atoms with Crippen molar-refractivity contribution in [3.63, 3.8) is 0 Å². The first-order chi connectivity index (χ1) is 0. The fourth-order valence-electron chi connectivity index (χ4n) is 0. The second kappa shape index (κ2) is 96.8. The largest absolute Gasteiger partial charge is 0.412 e. The van der Waals surface area contributed by atoms with Crippen LogP contribution in [0.15, 0.2) is 0 Å². The molecule has 0 aromatic heterocycles. The first kappa shape index (κ1) is 132. The molecule has 0 saturated carbocycles. The van der Waals surface area contributed by atoms with Crippen molar-refractivity contribution in [2.24, 2.45) is 0 Å². The van der Waals surface area contributed by atoms with Gasteiger partial charge in [0.1, 0.15) is 0 Å². The van der Waals surface area contributed by atoms with Crippen LogP contribution in [0.2, 0.25) is 0 Å². The maximum Gasteiger partial charge on any atom is 0 e. The first-order valence-corrected chi connectivity index (χ1v) is 0. The molecule has 8 heteroatoms. The molecule has 0 unspecified atom stereocenters. The topological polar surface area (TPSA) is 158 Å². The molecule has 0 fully saturated rings. The van der Waals surface area contributed by atoms with Gasteiger partial charge in [-0.05, 0) is 0 Å². The van der Waals surface area contributed by atoms with Gasteiger partial charge in [-0.1, -0.05) is 0 Å². The molecule has 0 aromatic carbocycles. The Hall–Kier alpha value is 2.80. The molecule has 0 atom stereocenters. The van der Waals surface area contributed by atoms with E-state index >= 15 is 0 Å². The van der Waals surface area contributed by atoms with Crippen molar-refractivity contribution < 1.29 is 27.4 Å². The van der Waals surface area contributed by atoms with E-state index in [0.717, 1.165) is 0 Å². The quantitative estimate of drug-likeness (QED) is 0.309. The Morgan fingerprint density at radius 3 is 0.250 bits per heavy atom. The summed E-state index contributed by atoms with van der Waals surface area (Å²) in [6, 6.07) is 0. The summed E-state index contributed by atoms with van der Waals surface area (Å²) in [5.41, 5.74) is 0. The van der Waals surface area contributed by atoms with Gasteiger partial charge in [-0.25, -0.2) is 0 Å². The van der Waals surface area contributed by atoms with Crippen LogP contribution >= 0.6 is 0 Å². The number of hydrogen-bond donors (Lipinski definition) is 0. The Balaban J connectivity index is 0. The zero-order valence-electron chi connectivity index (χ0n) is 5.50. The molecule has 8 heavy (non-hydrogen) atoms. The molecule has 0 rings (SSSR count). The van der Waals surface area contributed by atoms with Gasteiger partial charge in [-0.2, -0.15) is 0 Å². The van der Waals surface area contributed by atoms with Gasteiger partial charge in [0, 0.05) is 88.7 Å². The minimum atomic E-state index is 0. The van der Waals surface area contributed by atoms with Gasteiger partial charge >= 0.3 is 0 Å². The minimum Gasteiger partial charge on any atom is -0.412 e. The monoisotopic (exact) mass is 159 g/mol. The van der Waals surface area contributed by atoms with Crippen LogP contribution in [0.4, 0.5) is 0 Å². The average Bonchev–Trinajstić information content (AvgIpc) is 0. The van der Waals surface area contributed by atoms with Crippen molar-refractivity contribution in [2.45, 2.75) is 0 Å². The Bertz CT molecular complexity index is 7.64. The van der Waals surface area contributed by atoms with Crippen LogP contribution in [0.5, 0.6) is 0 Å². The van der Waals surface area contributed by atoms with Crippen molar-refractivity contribution >= 4 is 88.7 Å². The van der Waals surface area contributed by atoms with E-state index in [9.17, 15) is 0 Å². The summed E-state index contributed by atoms with van der Waals surface area (Å²) in [5, 5.41) is 0. The molecule has 0 amide bonds. The molecule has 0 heterocycles. The molecular weight excluding hydrogens is 149 g/mol. The molecule has 5 nitrogen and oxygen atoms in total. The number of hydrogen-bond acceptors (Lipinski definition) is 0. The molecule has 0 aliphatic carbocycles. The van der Waals surface area contributed by atoms with Crippen molar-refractivity contribution in [1.29, 1.82) is 0 Å². The van der Waals surface area contributed by atoms with Gasteiger partial charge in [-0.3, -0.25) is 0 Å². The molecule has 0 aliphatic heterocycles. The van der Waals surface area contributed by atoms with E-state index in [2.05, 4.69) is 0 Å². The van der Waals surface area contributed by atoms with E-state index in [4.69, 9.17) is 0 Å². The third kappa shape index (κ3) is 68.3. The Morgan fingerprint density at radius 1 is 0.250 bits per heavy atom. The first-order valence-electron chi connectivity index (χ1n) is 0. The van der Waals surface area contributed by atoms with Gasteiger partial charge in [0.2, 0.25) is 0 Å². The molecule has 0 bridgehead atoms. The van der Waals surface area contributed by atoms with E-state index in [0.29, 0.717) is 0 Å². The molecule has 10 N–H and O–H groups in total. The minimum absolute atomic E-state index is 0. The second-order valence-corrected chi connectivity index (χ2v) is 0. The van der Waals surface area contributed by atoms with Crippen LogP contribution in [0.25, 0.3) is 0 Å². The summed E-state index contributed by atoms with van der Waals surface area (Å²) >= 11 is 0. The van der Waals surface area contributed by atoms with Crippen molar-refractivity contribution in [1.82, 2.24) is 0 Å². The molecule has 3 radical (unpaired) electrons. The van der Waals surface area contributed by atoms with E-state index < -0.39 is 0 Å². The van der Waals surface area contributed by atoms with Crippen LogP contribution < -0.4 is 0 Å². The molecule has 0 aliphatic rings. The molecular formula is H10Na3O5. The Morgan fingerprint density at radius 2 is 0.250 bits per heavy atom. The van der Waals surface area contributed by atoms with Crippen LogP contribution in [0.1, 0.15) is 0 Å². The predicted molar refractivity (Wildman–Crippen MR) is 35.3 cm³/mol. The summed E-state index contributed by atoms with van der Waals surface area (Å²) in [6.45, 7) is 0. The smallest absolute Gasteiger partial charge is 0 e. The molecule has 0 aromatic rings. The van der Waals surface area contributed by atoms with Crippen molar-refractivity contribution in [2.75, 3.05) is 0 Å². The van der Waals surface area contributed by atoms with Gasteiger partial charge in [-0.15, -0.1) is 0 Å². The maximum absolute atomic E-state index is 0. The summed E-state index contributed by atoms with van der Waals surface area (Å²) < 4.78 is 0. The van der Waals surface area contributed by atoms with Crippen LogP contribution in [0.3, 0.4) is 0 Å². The van der Waals surface area contributed by atoms with Gasteiger partial charge in [0.25, 0.3) is 0 Å². The average molecular weight is 159 g/mol. The van der Waals surface area contributed by atoms with Crippen LogP contribution in [-0.2, 0) is 0 Å². The summed E-state index contributed by atoms with van der Waals surface area (Å²) in [6.07, 6.45) is 0. The zero-order chi connectivity index (χ0) is 0. The second-order valence-electron chi connectivity index (χ2n) is 0. The summed E-state index contributed by atoms with van der Waals surface area (Å²) in [5.74, 6) is 0. The van der Waals surface area contributed by atoms with Gasteiger partial charge in [0.05, 0.1) is 0 Å². The Kier molecular flexibility index (Phi) is 1600. The van der Waals surface area contributed by atoms with E-state index in [1.165, 1.54) is 0 Å². The molecule has 0 spiro atoms. The predicted octanol–water partition coefficient (Wildman–Crippen LogP) is -5.27. The summed E-state index contributed by atoms with van der Waals surface area (Å²) in [4.78, 5) is 0. The SMILES string of the molecule is O.O.O.O.O.[Na].[Na].[Na]. The molecule has 43 valence electrons. The van der Waals surface area contributed by atoms with Crippen molar-refractivity contribution in [3.8, 4) is 0 Å². The number of rotatable bonds is 0. The molecule has 0 saturated heterocycles. The zero-order valence-corrected chi connectivity index (χ0v) is 11.5. The third-order valence-electron chi connectivity index (χ3n) is 0. The van der Waals surface area contributed by atoms with Gasteiger partial charge < -0.3 is 27.4 Å². The van der Waals surface area contributed by atoms with E-state index in [1.54, 1.807) is 0 Å². The standard InChI is InChI=1S/3Na.5H2O/h;;;5*1H2. The third-order valence-corrected chi connectivity index (χ3v) is 0. The fourth-order valence-corrected chi connectivity index (χ4v) is 0. The summed E-state index contributed by atoms with van der Waals surface area (Å²) in [7, 11) is 0. The maximum atomic E-state index is 0. The van der Waals surface area contributed by atoms with E-state index in [-0.39, 0.29) is 116 Å². The normalized spacial score (nSPS) is 0. The van der Waals surface area contributed by atoms with Gasteiger partial charge in [0.15, 0.2) is 0 Å². The fraction of sp³-hybridized carbons (Fsp3) is 0. The van der Waals surface area contributed by atoms with E-state index in [1.807, 2.05) is 0 Å². The van der Waals surface area contributed by atoms with Crippen molar-refractivity contribution in [3.05, 3.63) is 0 Å². The van der Waals surface area contributed by atoms with Crippen LogP contribution in [-0.4, -0.2) is 116 Å².